The quantitative estimate of drug-likeness (QED) is 0.772. The van der Waals surface area contributed by atoms with Crippen LogP contribution in [0.5, 0.6) is 0 Å². The Morgan fingerprint density at radius 1 is 1.53 bits per heavy atom. The predicted molar refractivity (Wildman–Crippen MR) is 61.4 cm³/mol. The van der Waals surface area contributed by atoms with Gasteiger partial charge in [-0.3, -0.25) is 9.69 Å². The molecule has 6 nitrogen and oxygen atoms in total. The van der Waals surface area contributed by atoms with E-state index in [4.69, 9.17) is 9.63 Å². The molecule has 1 heterocycles. The molecule has 0 spiro atoms. The monoisotopic (exact) mass is 241 g/mol. The second-order valence-corrected chi connectivity index (χ2v) is 4.42. The molecule has 0 atom stereocenters. The Hall–Kier alpha value is -1.43. The molecule has 0 saturated carbocycles. The highest BCUT2D eigenvalue weighted by molar-refractivity contribution is 5.69. The summed E-state index contributed by atoms with van der Waals surface area (Å²) < 4.78 is 5.05. The van der Waals surface area contributed by atoms with Crippen LogP contribution in [0.3, 0.4) is 0 Å². The molecule has 17 heavy (non-hydrogen) atoms. The van der Waals surface area contributed by atoms with Crippen LogP contribution >= 0.6 is 0 Å². The highest BCUT2D eigenvalue weighted by atomic mass is 16.5. The summed E-state index contributed by atoms with van der Waals surface area (Å²) in [6.45, 7) is 7.09. The molecule has 0 bridgehead atoms. The Kier molecular flexibility index (Phi) is 5.09. The number of aromatic nitrogens is 2. The molecular formula is C11H19N3O3. The highest BCUT2D eigenvalue weighted by Gasteiger charge is 2.15. The topological polar surface area (TPSA) is 79.5 Å². The Morgan fingerprint density at radius 2 is 2.24 bits per heavy atom. The molecule has 0 amide bonds. The highest BCUT2D eigenvalue weighted by Crippen LogP contribution is 2.06. The van der Waals surface area contributed by atoms with E-state index in [-0.39, 0.29) is 6.54 Å². The van der Waals surface area contributed by atoms with Gasteiger partial charge in [0.2, 0.25) is 5.89 Å². The Labute approximate surface area is 101 Å². The minimum Gasteiger partial charge on any atom is -0.480 e. The van der Waals surface area contributed by atoms with Crippen LogP contribution < -0.4 is 0 Å². The SMILES string of the molecule is CCc1noc(CN(CC(=O)O)CC(C)C)n1. The first-order valence-electron chi connectivity index (χ1n) is 5.76. The number of carboxylic acid groups (broad SMARTS) is 1. The summed E-state index contributed by atoms with van der Waals surface area (Å²) in [6, 6.07) is 0. The van der Waals surface area contributed by atoms with Crippen LogP contribution in [0, 0.1) is 5.92 Å². The van der Waals surface area contributed by atoms with Crippen molar-refractivity contribution in [3.05, 3.63) is 11.7 Å². The van der Waals surface area contributed by atoms with E-state index in [0.29, 0.717) is 37.1 Å². The van der Waals surface area contributed by atoms with E-state index in [1.54, 1.807) is 4.90 Å². The van der Waals surface area contributed by atoms with Crippen LogP contribution in [-0.4, -0.2) is 39.2 Å². The largest absolute Gasteiger partial charge is 0.480 e. The fourth-order valence-electron chi connectivity index (χ4n) is 1.58. The molecule has 1 aromatic heterocycles. The van der Waals surface area contributed by atoms with Gasteiger partial charge >= 0.3 is 5.97 Å². The number of aliphatic carboxylic acids is 1. The first-order chi connectivity index (χ1) is 8.01. The van der Waals surface area contributed by atoms with E-state index in [0.717, 1.165) is 0 Å². The van der Waals surface area contributed by atoms with Gasteiger partial charge in [-0.15, -0.1) is 0 Å². The lowest BCUT2D eigenvalue weighted by Gasteiger charge is -2.20. The van der Waals surface area contributed by atoms with Crippen LogP contribution in [0.4, 0.5) is 0 Å². The average molecular weight is 241 g/mol. The van der Waals surface area contributed by atoms with Gasteiger partial charge in [0.25, 0.3) is 0 Å². The van der Waals surface area contributed by atoms with Crippen LogP contribution in [0.1, 0.15) is 32.5 Å². The van der Waals surface area contributed by atoms with Crippen LogP contribution in [0.2, 0.25) is 0 Å². The maximum absolute atomic E-state index is 10.7. The molecule has 0 aliphatic rings. The van der Waals surface area contributed by atoms with Crippen LogP contribution in [0.25, 0.3) is 0 Å². The maximum atomic E-state index is 10.7. The standard InChI is InChI=1S/C11H19N3O3/c1-4-9-12-10(17-13-9)6-14(5-8(2)3)7-11(15)16/h8H,4-7H2,1-3H3,(H,15,16). The Balaban J connectivity index is 2.60. The molecule has 0 aliphatic heterocycles. The lowest BCUT2D eigenvalue weighted by molar-refractivity contribution is -0.138. The van der Waals surface area contributed by atoms with Crippen molar-refractivity contribution in [2.45, 2.75) is 33.7 Å². The smallest absolute Gasteiger partial charge is 0.317 e. The number of aryl methyl sites for hydroxylation is 1. The average Bonchev–Trinajstić information content (AvgIpc) is 2.63. The molecule has 0 unspecified atom stereocenters. The summed E-state index contributed by atoms with van der Waals surface area (Å²) in [5.41, 5.74) is 0. The maximum Gasteiger partial charge on any atom is 0.317 e. The molecule has 0 fully saturated rings. The van der Waals surface area contributed by atoms with E-state index in [9.17, 15) is 4.79 Å². The summed E-state index contributed by atoms with van der Waals surface area (Å²) in [7, 11) is 0. The second kappa shape index (κ2) is 6.34. The first kappa shape index (κ1) is 13.6. The predicted octanol–water partition coefficient (Wildman–Crippen LogP) is 1.17. The minimum atomic E-state index is -0.846. The van der Waals surface area contributed by atoms with Gasteiger partial charge in [0.1, 0.15) is 0 Å². The fraction of sp³-hybridized carbons (Fsp3) is 0.727. The zero-order valence-corrected chi connectivity index (χ0v) is 10.5. The number of hydrogen-bond acceptors (Lipinski definition) is 5. The molecule has 6 heteroatoms. The Bertz CT molecular complexity index is 363. The molecule has 1 N–H and O–H groups in total. The third-order valence-corrected chi connectivity index (χ3v) is 2.17. The van der Waals surface area contributed by atoms with Crippen molar-refractivity contribution in [3.63, 3.8) is 0 Å². The number of nitrogens with zero attached hydrogens (tertiary/aromatic N) is 3. The lowest BCUT2D eigenvalue weighted by Crippen LogP contribution is -2.32. The third-order valence-electron chi connectivity index (χ3n) is 2.17. The van der Waals surface area contributed by atoms with Crippen molar-refractivity contribution in [2.24, 2.45) is 5.92 Å². The summed E-state index contributed by atoms with van der Waals surface area (Å²) in [5, 5.41) is 12.6. The molecule has 0 aromatic carbocycles. The normalized spacial score (nSPS) is 11.4. The van der Waals surface area contributed by atoms with Crippen molar-refractivity contribution >= 4 is 5.97 Å². The molecule has 0 aliphatic carbocycles. The summed E-state index contributed by atoms with van der Waals surface area (Å²) in [5.74, 6) is 0.673. The van der Waals surface area contributed by atoms with Crippen molar-refractivity contribution < 1.29 is 14.4 Å². The van der Waals surface area contributed by atoms with Crippen molar-refractivity contribution in [1.29, 1.82) is 0 Å². The van der Waals surface area contributed by atoms with E-state index >= 15 is 0 Å². The zero-order chi connectivity index (χ0) is 12.8. The molecular weight excluding hydrogens is 222 g/mol. The van der Waals surface area contributed by atoms with Gasteiger partial charge in [0, 0.05) is 13.0 Å². The lowest BCUT2D eigenvalue weighted by atomic mass is 10.2. The number of carboxylic acids is 1. The molecule has 1 aromatic rings. The number of rotatable bonds is 7. The van der Waals surface area contributed by atoms with Crippen molar-refractivity contribution in [3.8, 4) is 0 Å². The van der Waals surface area contributed by atoms with E-state index in [1.807, 2.05) is 20.8 Å². The van der Waals surface area contributed by atoms with Crippen LogP contribution in [-0.2, 0) is 17.8 Å². The van der Waals surface area contributed by atoms with E-state index < -0.39 is 5.97 Å². The van der Waals surface area contributed by atoms with Crippen molar-refractivity contribution in [2.75, 3.05) is 13.1 Å². The number of hydrogen-bond donors (Lipinski definition) is 1. The van der Waals surface area contributed by atoms with Gasteiger partial charge in [0.05, 0.1) is 13.1 Å². The zero-order valence-electron chi connectivity index (χ0n) is 10.5. The molecule has 0 saturated heterocycles. The van der Waals surface area contributed by atoms with Gasteiger partial charge in [-0.1, -0.05) is 25.9 Å². The fourth-order valence-corrected chi connectivity index (χ4v) is 1.58. The van der Waals surface area contributed by atoms with Crippen LogP contribution in [0.15, 0.2) is 4.52 Å². The molecule has 1 rings (SSSR count). The van der Waals surface area contributed by atoms with Gasteiger partial charge in [-0.25, -0.2) is 0 Å². The van der Waals surface area contributed by atoms with E-state index in [1.165, 1.54) is 0 Å². The minimum absolute atomic E-state index is 0.0119. The summed E-state index contributed by atoms with van der Waals surface area (Å²) >= 11 is 0. The van der Waals surface area contributed by atoms with E-state index in [2.05, 4.69) is 10.1 Å². The van der Waals surface area contributed by atoms with Crippen molar-refractivity contribution in [1.82, 2.24) is 15.0 Å². The molecule has 0 radical (unpaired) electrons. The molecule has 96 valence electrons. The van der Waals surface area contributed by atoms with Gasteiger partial charge in [0.15, 0.2) is 5.82 Å². The van der Waals surface area contributed by atoms with Gasteiger partial charge in [-0.2, -0.15) is 4.98 Å². The Morgan fingerprint density at radius 3 is 2.71 bits per heavy atom. The third kappa shape index (κ3) is 4.95. The second-order valence-electron chi connectivity index (χ2n) is 4.42. The first-order valence-corrected chi connectivity index (χ1v) is 5.76. The summed E-state index contributed by atoms with van der Waals surface area (Å²) in [6.07, 6.45) is 0.715. The van der Waals surface area contributed by atoms with Gasteiger partial charge < -0.3 is 9.63 Å². The number of carbonyl (C=O) groups is 1. The summed E-state index contributed by atoms with van der Waals surface area (Å²) in [4.78, 5) is 16.7. The van der Waals surface area contributed by atoms with Gasteiger partial charge in [-0.05, 0) is 5.92 Å².